The van der Waals surface area contributed by atoms with E-state index < -0.39 is 5.91 Å². The number of nitrogens with one attached hydrogen (secondary N) is 1. The molecule has 0 bridgehead atoms. The van der Waals surface area contributed by atoms with E-state index in [2.05, 4.69) is 72.2 Å². The second kappa shape index (κ2) is 10.1. The van der Waals surface area contributed by atoms with Gasteiger partial charge in [0.25, 0.3) is 5.91 Å². The molecule has 0 aliphatic heterocycles. The van der Waals surface area contributed by atoms with Crippen molar-refractivity contribution in [3.05, 3.63) is 53.3 Å². The molecule has 0 fully saturated rings. The van der Waals surface area contributed by atoms with Crippen molar-refractivity contribution in [2.45, 2.75) is 26.7 Å². The van der Waals surface area contributed by atoms with Crippen molar-refractivity contribution < 1.29 is 14.6 Å². The summed E-state index contributed by atoms with van der Waals surface area (Å²) in [5, 5.41) is 14.2. The SMILES string of the molecule is Cc1c(Br)cc(C(C)C)c(OCC(=O)NN=Cc2cc(Cl)cc(Br)c2O)c1Br. The quantitative estimate of drug-likeness (QED) is 0.304. The Morgan fingerprint density at radius 3 is 2.61 bits per heavy atom. The molecule has 28 heavy (non-hydrogen) atoms. The van der Waals surface area contributed by atoms with Gasteiger partial charge in [-0.05, 0) is 74.0 Å². The molecule has 5 nitrogen and oxygen atoms in total. The first kappa shape index (κ1) is 23.2. The van der Waals surface area contributed by atoms with Crippen LogP contribution < -0.4 is 10.2 Å². The number of hydrogen-bond acceptors (Lipinski definition) is 4. The predicted molar refractivity (Wildman–Crippen MR) is 123 cm³/mol. The molecular weight excluding hydrogens is 579 g/mol. The summed E-state index contributed by atoms with van der Waals surface area (Å²) in [6, 6.07) is 5.09. The number of benzene rings is 2. The first-order valence-corrected chi connectivity index (χ1v) is 11.0. The number of nitrogens with zero attached hydrogens (tertiary/aromatic N) is 1. The maximum absolute atomic E-state index is 12.1. The van der Waals surface area contributed by atoms with Crippen LogP contribution in [0, 0.1) is 6.92 Å². The van der Waals surface area contributed by atoms with Crippen LogP contribution in [0.2, 0.25) is 5.02 Å². The van der Waals surface area contributed by atoms with Crippen LogP contribution in [-0.2, 0) is 4.79 Å². The summed E-state index contributed by atoms with van der Waals surface area (Å²) in [5.41, 5.74) is 4.71. The number of carbonyl (C=O) groups excluding carboxylic acids is 1. The molecule has 0 radical (unpaired) electrons. The largest absolute Gasteiger partial charge is 0.506 e. The summed E-state index contributed by atoms with van der Waals surface area (Å²) in [4.78, 5) is 12.1. The minimum atomic E-state index is -0.431. The lowest BCUT2D eigenvalue weighted by Crippen LogP contribution is -2.25. The highest BCUT2D eigenvalue weighted by molar-refractivity contribution is 9.11. The second-order valence-corrected chi connectivity index (χ2v) is 9.22. The minimum Gasteiger partial charge on any atom is -0.506 e. The summed E-state index contributed by atoms with van der Waals surface area (Å²) in [5.74, 6) is 0.397. The molecule has 0 saturated carbocycles. The zero-order valence-electron chi connectivity index (χ0n) is 15.3. The van der Waals surface area contributed by atoms with E-state index in [4.69, 9.17) is 16.3 Å². The van der Waals surface area contributed by atoms with E-state index >= 15 is 0 Å². The van der Waals surface area contributed by atoms with Crippen LogP contribution in [0.25, 0.3) is 0 Å². The first-order valence-electron chi connectivity index (χ1n) is 8.23. The number of carbonyl (C=O) groups is 1. The van der Waals surface area contributed by atoms with Crippen LogP contribution in [0.3, 0.4) is 0 Å². The Hall–Kier alpha value is -1.09. The van der Waals surface area contributed by atoms with E-state index in [0.717, 1.165) is 20.1 Å². The Morgan fingerprint density at radius 1 is 1.29 bits per heavy atom. The Bertz CT molecular complexity index is 933. The van der Waals surface area contributed by atoms with Crippen LogP contribution in [0.5, 0.6) is 11.5 Å². The molecule has 2 aromatic rings. The summed E-state index contributed by atoms with van der Waals surface area (Å²) < 4.78 is 7.97. The number of phenolic OH excluding ortho intramolecular Hbond substituents is 1. The monoisotopic (exact) mass is 594 g/mol. The van der Waals surface area contributed by atoms with Crippen LogP contribution in [0.1, 0.15) is 36.5 Å². The number of phenols is 1. The van der Waals surface area contributed by atoms with Crippen molar-refractivity contribution in [3.63, 3.8) is 0 Å². The molecule has 0 atom stereocenters. The minimum absolute atomic E-state index is 0.0190. The van der Waals surface area contributed by atoms with Crippen molar-refractivity contribution in [3.8, 4) is 11.5 Å². The van der Waals surface area contributed by atoms with Crippen molar-refractivity contribution in [2.24, 2.45) is 5.10 Å². The third-order valence-electron chi connectivity index (χ3n) is 3.85. The number of hydrazone groups is 1. The average Bonchev–Trinajstić information content (AvgIpc) is 2.62. The van der Waals surface area contributed by atoms with Crippen LogP contribution >= 0.6 is 59.4 Å². The zero-order chi connectivity index (χ0) is 21.0. The number of ether oxygens (including phenoxy) is 1. The highest BCUT2D eigenvalue weighted by Gasteiger charge is 2.17. The van der Waals surface area contributed by atoms with Gasteiger partial charge in [-0.3, -0.25) is 4.79 Å². The van der Waals surface area contributed by atoms with E-state index in [1.165, 1.54) is 12.3 Å². The van der Waals surface area contributed by atoms with Crippen molar-refractivity contribution in [1.82, 2.24) is 5.43 Å². The smallest absolute Gasteiger partial charge is 0.277 e. The second-order valence-electron chi connectivity index (χ2n) is 6.28. The molecule has 0 aromatic heterocycles. The molecule has 0 aliphatic carbocycles. The van der Waals surface area contributed by atoms with Crippen molar-refractivity contribution in [2.75, 3.05) is 6.61 Å². The molecule has 1 amide bonds. The van der Waals surface area contributed by atoms with Gasteiger partial charge in [-0.25, -0.2) is 5.43 Å². The van der Waals surface area contributed by atoms with Gasteiger partial charge in [-0.1, -0.05) is 41.4 Å². The topological polar surface area (TPSA) is 70.9 Å². The fraction of sp³-hybridized carbons (Fsp3) is 0.263. The van der Waals surface area contributed by atoms with E-state index in [1.54, 1.807) is 6.07 Å². The Morgan fingerprint density at radius 2 is 1.96 bits per heavy atom. The van der Waals surface area contributed by atoms with Gasteiger partial charge in [0.15, 0.2) is 6.61 Å². The summed E-state index contributed by atoms with van der Waals surface area (Å²) >= 11 is 16.2. The van der Waals surface area contributed by atoms with Gasteiger partial charge in [-0.2, -0.15) is 5.10 Å². The molecule has 0 unspecified atom stereocenters. The highest BCUT2D eigenvalue weighted by atomic mass is 79.9. The van der Waals surface area contributed by atoms with E-state index in [1.807, 2.05) is 13.0 Å². The van der Waals surface area contributed by atoms with Gasteiger partial charge in [0.2, 0.25) is 0 Å². The fourth-order valence-electron chi connectivity index (χ4n) is 2.32. The third kappa shape index (κ3) is 5.72. The van der Waals surface area contributed by atoms with Crippen LogP contribution in [-0.4, -0.2) is 23.8 Å². The number of aromatic hydroxyl groups is 1. The van der Waals surface area contributed by atoms with Crippen LogP contribution in [0.15, 0.2) is 36.7 Å². The molecular formula is C19H18Br3ClN2O3. The number of hydrogen-bond donors (Lipinski definition) is 2. The summed E-state index contributed by atoms with van der Waals surface area (Å²) in [7, 11) is 0. The van der Waals surface area contributed by atoms with E-state index in [9.17, 15) is 9.90 Å². The zero-order valence-corrected chi connectivity index (χ0v) is 20.8. The Balaban J connectivity index is 2.07. The van der Waals surface area contributed by atoms with Gasteiger partial charge < -0.3 is 9.84 Å². The normalized spacial score (nSPS) is 11.3. The Kier molecular flexibility index (Phi) is 8.36. The molecule has 2 N–H and O–H groups in total. The van der Waals surface area contributed by atoms with Gasteiger partial charge in [0, 0.05) is 15.1 Å². The van der Waals surface area contributed by atoms with Gasteiger partial charge >= 0.3 is 0 Å². The maximum atomic E-state index is 12.1. The molecule has 0 aliphatic rings. The molecule has 9 heteroatoms. The molecule has 150 valence electrons. The Labute approximate surface area is 193 Å². The van der Waals surface area contributed by atoms with Gasteiger partial charge in [-0.15, -0.1) is 0 Å². The highest BCUT2D eigenvalue weighted by Crippen LogP contribution is 2.40. The number of rotatable bonds is 6. The molecule has 0 saturated heterocycles. The standard InChI is InChI=1S/C19H18Br3ClN2O3/c1-9(2)13-6-14(20)10(3)17(22)19(13)28-8-16(26)25-24-7-11-4-12(23)5-15(21)18(11)27/h4-7,9,27H,8H2,1-3H3,(H,25,26). The average molecular weight is 598 g/mol. The lowest BCUT2D eigenvalue weighted by atomic mass is 10.0. The van der Waals surface area contributed by atoms with Gasteiger partial charge in [0.1, 0.15) is 11.5 Å². The number of halogens is 4. The first-order chi connectivity index (χ1) is 13.1. The van der Waals surface area contributed by atoms with Crippen LogP contribution in [0.4, 0.5) is 0 Å². The summed E-state index contributed by atoms with van der Waals surface area (Å²) in [6.45, 7) is 5.85. The molecule has 2 aromatic carbocycles. The van der Waals surface area contributed by atoms with E-state index in [-0.39, 0.29) is 18.3 Å². The van der Waals surface area contributed by atoms with Crippen molar-refractivity contribution >= 4 is 71.5 Å². The maximum Gasteiger partial charge on any atom is 0.277 e. The summed E-state index contributed by atoms with van der Waals surface area (Å²) in [6.07, 6.45) is 1.31. The number of amides is 1. The molecule has 0 spiro atoms. The fourth-order valence-corrected chi connectivity index (χ4v) is 4.42. The predicted octanol–water partition coefficient (Wildman–Crippen LogP) is 6.29. The lowest BCUT2D eigenvalue weighted by molar-refractivity contribution is -0.123. The van der Waals surface area contributed by atoms with Crippen molar-refractivity contribution in [1.29, 1.82) is 0 Å². The molecule has 2 rings (SSSR count). The van der Waals surface area contributed by atoms with E-state index in [0.29, 0.717) is 20.8 Å². The molecule has 0 heterocycles. The third-order valence-corrected chi connectivity index (χ3v) is 6.45. The van der Waals surface area contributed by atoms with Gasteiger partial charge in [0.05, 0.1) is 15.2 Å². The lowest BCUT2D eigenvalue weighted by Gasteiger charge is -2.18.